The van der Waals surface area contributed by atoms with Crippen molar-refractivity contribution in [1.82, 2.24) is 9.80 Å². The molecular formula is C66H85N3O5. The minimum Gasteiger partial charge on any atom is -0.508 e. The second kappa shape index (κ2) is 15.7. The molecule has 0 radical (unpaired) electrons. The lowest BCUT2D eigenvalue weighted by Crippen LogP contribution is -2.78. The summed E-state index contributed by atoms with van der Waals surface area (Å²) in [5.41, 5.74) is 12.9. The van der Waals surface area contributed by atoms with Gasteiger partial charge in [-0.2, -0.15) is 0 Å². The van der Waals surface area contributed by atoms with Gasteiger partial charge in [-0.15, -0.1) is 0 Å². The van der Waals surface area contributed by atoms with Crippen LogP contribution in [0.15, 0.2) is 64.3 Å². The van der Waals surface area contributed by atoms with E-state index < -0.39 is 16.4 Å². The summed E-state index contributed by atoms with van der Waals surface area (Å²) in [5.74, 6) is 4.21. The monoisotopic (exact) mass is 1000 g/mol. The summed E-state index contributed by atoms with van der Waals surface area (Å²) in [4.78, 5) is 38.4. The van der Waals surface area contributed by atoms with E-state index in [1.54, 1.807) is 16.8 Å². The van der Waals surface area contributed by atoms with Crippen LogP contribution in [0.25, 0.3) is 0 Å². The number of benzene rings is 1. The van der Waals surface area contributed by atoms with Crippen LogP contribution in [0.2, 0.25) is 0 Å². The molecule has 16 aliphatic rings. The quantitative estimate of drug-likeness (QED) is 0.222. The number of aliphatic hydroxyl groups excluding tert-OH is 1. The average molecular weight is 1000 g/mol. The maximum Gasteiger partial charge on any atom is 0.339 e. The van der Waals surface area contributed by atoms with Crippen molar-refractivity contribution in [2.45, 2.75) is 204 Å². The fraction of sp³-hybridized carbons (Fsp3) is 0.758. The molecule has 9 aliphatic carbocycles. The molecule has 3 N–H and O–H groups in total. The Labute approximate surface area is 441 Å². The van der Waals surface area contributed by atoms with Gasteiger partial charge >= 0.3 is 11.9 Å². The SMILES string of the molecule is CC1CC2=C3C4C5=C6C(C=CC(C7CCCCC7)CC7C68C(=O)OC(=C(O)C6CCC9C%10CC(CN9C6C6CC9(CCCC9)C9(CCCC9)C6)C(CC2)N3C%10)C8(CC5)C72OC(=O)c3c(CCCN)cccc32)CC14. The third-order valence-electron chi connectivity index (χ3n) is 27.1. The second-order valence-corrected chi connectivity index (χ2v) is 29.1. The highest BCUT2D eigenvalue weighted by molar-refractivity contribution is 6.00. The second-order valence-electron chi connectivity index (χ2n) is 29.1. The summed E-state index contributed by atoms with van der Waals surface area (Å²) >= 11 is 0. The van der Waals surface area contributed by atoms with E-state index in [1.165, 1.54) is 134 Å². The zero-order valence-electron chi connectivity index (χ0n) is 44.7. The lowest BCUT2D eigenvalue weighted by molar-refractivity contribution is -0.282. The van der Waals surface area contributed by atoms with Crippen LogP contribution < -0.4 is 5.73 Å². The number of aliphatic hydroxyl groups is 1. The zero-order valence-corrected chi connectivity index (χ0v) is 44.7. The highest BCUT2D eigenvalue weighted by atomic mass is 16.6. The van der Waals surface area contributed by atoms with E-state index in [-0.39, 0.29) is 41.7 Å². The standard InChI is InChI=1S/C66H85N3O5/c1-37-29-42-18-20-50-43-30-44-36-69(50)57(42)54-46-22-27-64-59(58(70)47-19-21-51(44)68(35-43)56(47)45-33-62(23-5-6-24-62)63(34-45)25-7-8-26-63)73-61(72)65(64)52(66(64)49-15-9-13-39(14-10-28-67)53(49)60(71)74-66)32-40(38-11-3-2-4-12-38)16-17-41(55(46)65)31-48(37)54/h9,13,15-17,37-38,40-41,43-45,47-48,50-52,54,56,70H,2-8,10-12,14,18-36,67H2,1H3. The first kappa shape index (κ1) is 45.6. The van der Waals surface area contributed by atoms with Gasteiger partial charge in [-0.05, 0) is 204 Å². The van der Waals surface area contributed by atoms with Gasteiger partial charge in [0.05, 0.1) is 11.0 Å². The number of rotatable bonds is 5. The molecule has 9 fully saturated rings. The van der Waals surface area contributed by atoms with Gasteiger partial charge in [0.15, 0.2) is 11.4 Å². The molecule has 15 unspecified atom stereocenters. The fourth-order valence-electron chi connectivity index (χ4n) is 24.9. The van der Waals surface area contributed by atoms with E-state index in [0.717, 1.165) is 56.2 Å². The van der Waals surface area contributed by atoms with Crippen LogP contribution in [0, 0.1) is 86.8 Å². The van der Waals surface area contributed by atoms with Gasteiger partial charge < -0.3 is 25.2 Å². The van der Waals surface area contributed by atoms with Gasteiger partial charge in [-0.1, -0.05) is 93.4 Å². The highest BCUT2D eigenvalue weighted by Gasteiger charge is 2.94. The maximum absolute atomic E-state index is 16.8. The summed E-state index contributed by atoms with van der Waals surface area (Å²) in [6.07, 6.45) is 37.1. The van der Waals surface area contributed by atoms with E-state index in [2.05, 4.69) is 47.1 Å². The van der Waals surface area contributed by atoms with Crippen molar-refractivity contribution in [2.75, 3.05) is 19.6 Å². The number of fused-ring (bicyclic) bond motifs is 9. The molecule has 7 aliphatic heterocycles. The van der Waals surface area contributed by atoms with E-state index in [0.29, 0.717) is 101 Å². The topological polar surface area (TPSA) is 105 Å². The molecule has 1 aromatic carbocycles. The molecule has 7 bridgehead atoms. The number of carbonyl (C=O) groups is 2. The molecule has 8 heteroatoms. The third kappa shape index (κ3) is 5.29. The Bertz CT molecular complexity index is 2730. The first-order chi connectivity index (χ1) is 36.2. The molecule has 5 saturated carbocycles. The minimum absolute atomic E-state index is 0.110. The number of aryl methyl sites for hydroxylation is 1. The number of nitrogens with two attached hydrogens (primary N) is 1. The Kier molecular flexibility index (Phi) is 9.67. The van der Waals surface area contributed by atoms with Crippen LogP contribution in [0.5, 0.6) is 0 Å². The summed E-state index contributed by atoms with van der Waals surface area (Å²) in [5, 5.41) is 14.4. The molecule has 74 heavy (non-hydrogen) atoms. The fourth-order valence-corrected chi connectivity index (χ4v) is 24.9. The lowest BCUT2D eigenvalue weighted by atomic mass is 9.27. The molecule has 8 nitrogen and oxygen atoms in total. The number of nitrogens with zero attached hydrogens (tertiary/aromatic N) is 2. The molecule has 1 aromatic rings. The Morgan fingerprint density at radius 2 is 1.58 bits per heavy atom. The number of hydrogen-bond acceptors (Lipinski definition) is 8. The smallest absolute Gasteiger partial charge is 0.339 e. The van der Waals surface area contributed by atoms with Crippen molar-refractivity contribution in [1.29, 1.82) is 0 Å². The highest BCUT2D eigenvalue weighted by Crippen LogP contribution is 2.88. The van der Waals surface area contributed by atoms with Crippen molar-refractivity contribution >= 4 is 11.9 Å². The number of piperidine rings is 3. The van der Waals surface area contributed by atoms with E-state index >= 15 is 9.59 Å². The van der Waals surface area contributed by atoms with Crippen molar-refractivity contribution < 1.29 is 24.2 Å². The molecule has 7 heterocycles. The molecule has 0 amide bonds. The summed E-state index contributed by atoms with van der Waals surface area (Å²) < 4.78 is 15.0. The van der Waals surface area contributed by atoms with Crippen LogP contribution >= 0.6 is 0 Å². The van der Waals surface area contributed by atoms with Gasteiger partial charge in [0.1, 0.15) is 11.2 Å². The van der Waals surface area contributed by atoms with Gasteiger partial charge in [-0.25, -0.2) is 4.79 Å². The molecule has 394 valence electrons. The molecule has 4 saturated heterocycles. The number of ether oxygens (including phenoxy) is 2. The third-order valence-corrected chi connectivity index (χ3v) is 27.1. The number of carbonyl (C=O) groups excluding carboxylic acids is 2. The van der Waals surface area contributed by atoms with Crippen LogP contribution in [0.1, 0.15) is 195 Å². The minimum atomic E-state index is -1.14. The van der Waals surface area contributed by atoms with E-state index in [1.807, 2.05) is 0 Å². The first-order valence-electron chi connectivity index (χ1n) is 31.5. The predicted octanol–water partition coefficient (Wildman–Crippen LogP) is 12.8. The summed E-state index contributed by atoms with van der Waals surface area (Å²) in [6, 6.07) is 7.80. The predicted molar refractivity (Wildman–Crippen MR) is 284 cm³/mol. The Balaban J connectivity index is 0.948. The first-order valence-corrected chi connectivity index (χ1v) is 31.5. The van der Waals surface area contributed by atoms with Crippen molar-refractivity contribution in [3.8, 4) is 0 Å². The van der Waals surface area contributed by atoms with Crippen LogP contribution in [0.3, 0.4) is 0 Å². The van der Waals surface area contributed by atoms with Gasteiger partial charge in [0.25, 0.3) is 0 Å². The number of esters is 2. The normalized spacial score (nSPS) is 45.8. The Hall–Kier alpha value is -3.36. The largest absolute Gasteiger partial charge is 0.508 e. The molecule has 0 aromatic heterocycles. The van der Waals surface area contributed by atoms with Gasteiger partial charge in [0, 0.05) is 60.2 Å². The number of allylic oxidation sites excluding steroid dienone is 4. The molecule has 15 atom stereocenters. The Morgan fingerprint density at radius 1 is 0.797 bits per heavy atom. The molecular weight excluding hydrogens is 915 g/mol. The van der Waals surface area contributed by atoms with Crippen LogP contribution in [0.4, 0.5) is 0 Å². The number of hydrogen-bond donors (Lipinski definition) is 2. The zero-order chi connectivity index (χ0) is 49.3. The van der Waals surface area contributed by atoms with Gasteiger partial charge in [-0.3, -0.25) is 9.69 Å². The van der Waals surface area contributed by atoms with Crippen molar-refractivity contribution in [3.63, 3.8) is 0 Å². The Morgan fingerprint density at radius 3 is 2.36 bits per heavy atom. The maximum atomic E-state index is 16.8. The van der Waals surface area contributed by atoms with Crippen LogP contribution in [-0.4, -0.2) is 64.6 Å². The summed E-state index contributed by atoms with van der Waals surface area (Å²) in [7, 11) is 0. The van der Waals surface area contributed by atoms with Crippen LogP contribution in [-0.2, 0) is 26.3 Å². The van der Waals surface area contributed by atoms with Crippen molar-refractivity contribution in [3.05, 3.63) is 81.0 Å². The van der Waals surface area contributed by atoms with E-state index in [4.69, 9.17) is 15.2 Å². The van der Waals surface area contributed by atoms with Gasteiger partial charge in [0.2, 0.25) is 0 Å². The average Bonchev–Trinajstić information content (AvgIpc) is 4.37. The molecule has 5 spiro atoms. The summed E-state index contributed by atoms with van der Waals surface area (Å²) in [6.45, 7) is 5.45. The van der Waals surface area contributed by atoms with E-state index in [9.17, 15) is 5.11 Å². The van der Waals surface area contributed by atoms with Crippen molar-refractivity contribution in [2.24, 2.45) is 92.5 Å². The lowest BCUT2D eigenvalue weighted by Gasteiger charge is -2.73. The molecule has 17 rings (SSSR count).